The lowest BCUT2D eigenvalue weighted by Gasteiger charge is -2.05. The second-order valence-corrected chi connectivity index (χ2v) is 5.07. The minimum absolute atomic E-state index is 0.624. The second kappa shape index (κ2) is 7.38. The Labute approximate surface area is 129 Å². The summed E-state index contributed by atoms with van der Waals surface area (Å²) in [5, 5.41) is 1.48. The van der Waals surface area contributed by atoms with Crippen molar-refractivity contribution in [3.8, 4) is 17.6 Å². The molecule has 1 heterocycles. The number of pyridine rings is 1. The monoisotopic (exact) mass is 307 g/mol. The summed E-state index contributed by atoms with van der Waals surface area (Å²) in [5.74, 6) is 7.62. The fourth-order valence-corrected chi connectivity index (χ4v) is 2.26. The van der Waals surface area contributed by atoms with E-state index in [0.717, 1.165) is 41.5 Å². The zero-order valence-corrected chi connectivity index (χ0v) is 12.8. The molecule has 0 atom stereocenters. The number of fused-ring (bicyclic) bond motifs is 1. The number of benzene rings is 1. The minimum atomic E-state index is 0.624. The Kier molecular flexibility index (Phi) is 5.52. The summed E-state index contributed by atoms with van der Waals surface area (Å²) in [6, 6.07) is 5.63. The maximum atomic E-state index is 6.39. The van der Waals surface area contributed by atoms with Crippen LogP contribution in [0.1, 0.15) is 24.8 Å². The van der Waals surface area contributed by atoms with Crippen molar-refractivity contribution in [2.45, 2.75) is 19.3 Å². The SMILES string of the molecule is COc1ccc2ncc(C#CCCCCCl)c(Cl)c2c1. The summed E-state index contributed by atoms with van der Waals surface area (Å²) in [5.41, 5.74) is 1.58. The summed E-state index contributed by atoms with van der Waals surface area (Å²) in [6.07, 6.45) is 4.52. The summed E-state index contributed by atoms with van der Waals surface area (Å²) in [6.45, 7) is 0. The number of aromatic nitrogens is 1. The topological polar surface area (TPSA) is 22.1 Å². The standard InChI is InChI=1S/C16H15Cl2NO/c1-20-13-7-8-15-14(10-13)16(18)12(11-19-15)6-4-2-3-5-9-17/h7-8,10-11H,2-3,5,9H2,1H3. The van der Waals surface area contributed by atoms with Crippen molar-refractivity contribution in [2.75, 3.05) is 13.0 Å². The maximum absolute atomic E-state index is 6.39. The first kappa shape index (κ1) is 15.0. The molecule has 4 heteroatoms. The van der Waals surface area contributed by atoms with Gasteiger partial charge >= 0.3 is 0 Å². The van der Waals surface area contributed by atoms with E-state index in [1.165, 1.54) is 0 Å². The summed E-state index contributed by atoms with van der Waals surface area (Å²) in [4.78, 5) is 4.37. The van der Waals surface area contributed by atoms with Gasteiger partial charge in [0.1, 0.15) is 5.75 Å². The van der Waals surface area contributed by atoms with Gasteiger partial charge in [0.2, 0.25) is 0 Å². The van der Waals surface area contributed by atoms with Crippen LogP contribution in [0.5, 0.6) is 5.75 Å². The summed E-state index contributed by atoms with van der Waals surface area (Å²) >= 11 is 12.0. The Bertz CT molecular complexity index is 659. The van der Waals surface area contributed by atoms with E-state index in [4.69, 9.17) is 27.9 Å². The largest absolute Gasteiger partial charge is 0.497 e. The number of alkyl halides is 1. The maximum Gasteiger partial charge on any atom is 0.119 e. The molecule has 2 rings (SSSR count). The highest BCUT2D eigenvalue weighted by atomic mass is 35.5. The van der Waals surface area contributed by atoms with Gasteiger partial charge in [0.15, 0.2) is 0 Å². The number of hydrogen-bond donors (Lipinski definition) is 0. The van der Waals surface area contributed by atoms with Crippen LogP contribution in [0.4, 0.5) is 0 Å². The molecular formula is C16H15Cl2NO. The number of halogens is 2. The third-order valence-electron chi connectivity index (χ3n) is 2.92. The quantitative estimate of drug-likeness (QED) is 0.466. The highest BCUT2D eigenvalue weighted by Crippen LogP contribution is 2.28. The molecule has 0 aliphatic heterocycles. The fraction of sp³-hybridized carbons (Fsp3) is 0.312. The van der Waals surface area contributed by atoms with Crippen molar-refractivity contribution in [3.05, 3.63) is 35.0 Å². The average Bonchev–Trinajstić information content (AvgIpc) is 2.49. The van der Waals surface area contributed by atoms with E-state index in [2.05, 4.69) is 16.8 Å². The van der Waals surface area contributed by atoms with Crippen LogP contribution in [0.3, 0.4) is 0 Å². The van der Waals surface area contributed by atoms with Gasteiger partial charge in [-0.25, -0.2) is 0 Å². The van der Waals surface area contributed by atoms with Crippen molar-refractivity contribution in [1.82, 2.24) is 4.98 Å². The Balaban J connectivity index is 2.28. The van der Waals surface area contributed by atoms with Crippen LogP contribution >= 0.6 is 23.2 Å². The molecule has 1 aromatic carbocycles. The molecule has 2 aromatic rings. The van der Waals surface area contributed by atoms with E-state index in [-0.39, 0.29) is 0 Å². The Morgan fingerprint density at radius 2 is 2.15 bits per heavy atom. The molecule has 0 aliphatic carbocycles. The van der Waals surface area contributed by atoms with Gasteiger partial charge in [0, 0.05) is 23.9 Å². The fourth-order valence-electron chi connectivity index (χ4n) is 1.82. The Morgan fingerprint density at radius 1 is 1.30 bits per heavy atom. The number of ether oxygens (including phenoxy) is 1. The lowest BCUT2D eigenvalue weighted by Crippen LogP contribution is -1.88. The van der Waals surface area contributed by atoms with E-state index >= 15 is 0 Å². The van der Waals surface area contributed by atoms with E-state index < -0.39 is 0 Å². The van der Waals surface area contributed by atoms with Gasteiger partial charge in [-0.15, -0.1) is 11.6 Å². The van der Waals surface area contributed by atoms with Crippen molar-refractivity contribution in [3.63, 3.8) is 0 Å². The second-order valence-electron chi connectivity index (χ2n) is 4.32. The molecule has 0 spiro atoms. The van der Waals surface area contributed by atoms with Gasteiger partial charge < -0.3 is 4.74 Å². The van der Waals surface area contributed by atoms with Crippen LogP contribution in [0.15, 0.2) is 24.4 Å². The molecule has 0 radical (unpaired) electrons. The molecule has 0 aliphatic rings. The van der Waals surface area contributed by atoms with Gasteiger partial charge in [-0.05, 0) is 31.0 Å². The van der Waals surface area contributed by atoms with E-state index in [9.17, 15) is 0 Å². The van der Waals surface area contributed by atoms with Crippen LogP contribution in [0.2, 0.25) is 5.02 Å². The van der Waals surface area contributed by atoms with Crippen LogP contribution in [-0.4, -0.2) is 18.0 Å². The molecule has 0 amide bonds. The number of methoxy groups -OCH3 is 1. The van der Waals surface area contributed by atoms with Gasteiger partial charge in [-0.2, -0.15) is 0 Å². The van der Waals surface area contributed by atoms with E-state index in [1.54, 1.807) is 13.3 Å². The first-order chi connectivity index (χ1) is 9.76. The zero-order chi connectivity index (χ0) is 14.4. The molecule has 0 unspecified atom stereocenters. The third-order valence-corrected chi connectivity index (χ3v) is 3.59. The highest BCUT2D eigenvalue weighted by Gasteiger charge is 2.06. The number of nitrogens with zero attached hydrogens (tertiary/aromatic N) is 1. The van der Waals surface area contributed by atoms with E-state index in [1.807, 2.05) is 18.2 Å². The molecule has 0 saturated carbocycles. The molecule has 0 fully saturated rings. The van der Waals surface area contributed by atoms with Crippen LogP contribution < -0.4 is 4.74 Å². The predicted molar refractivity (Wildman–Crippen MR) is 84.8 cm³/mol. The lowest BCUT2D eigenvalue weighted by atomic mass is 10.1. The molecular weight excluding hydrogens is 293 g/mol. The van der Waals surface area contributed by atoms with E-state index in [0.29, 0.717) is 10.9 Å². The van der Waals surface area contributed by atoms with Crippen molar-refractivity contribution in [2.24, 2.45) is 0 Å². The van der Waals surface area contributed by atoms with Crippen molar-refractivity contribution in [1.29, 1.82) is 0 Å². The smallest absolute Gasteiger partial charge is 0.119 e. The average molecular weight is 308 g/mol. The minimum Gasteiger partial charge on any atom is -0.497 e. The molecule has 0 N–H and O–H groups in total. The molecule has 104 valence electrons. The molecule has 1 aromatic heterocycles. The lowest BCUT2D eigenvalue weighted by molar-refractivity contribution is 0.415. The van der Waals surface area contributed by atoms with Gasteiger partial charge in [-0.3, -0.25) is 4.98 Å². The Hall–Kier alpha value is -1.43. The van der Waals surface area contributed by atoms with Crippen molar-refractivity contribution < 1.29 is 4.74 Å². The third kappa shape index (κ3) is 3.56. The van der Waals surface area contributed by atoms with Gasteiger partial charge in [0.25, 0.3) is 0 Å². The highest BCUT2D eigenvalue weighted by molar-refractivity contribution is 6.36. The predicted octanol–water partition coefficient (Wildman–Crippen LogP) is 4.66. The molecule has 0 saturated heterocycles. The first-order valence-corrected chi connectivity index (χ1v) is 7.34. The number of unbranched alkanes of at least 4 members (excludes halogenated alkanes) is 2. The summed E-state index contributed by atoms with van der Waals surface area (Å²) in [7, 11) is 1.63. The van der Waals surface area contributed by atoms with Crippen LogP contribution in [-0.2, 0) is 0 Å². The summed E-state index contributed by atoms with van der Waals surface area (Å²) < 4.78 is 5.21. The first-order valence-electron chi connectivity index (χ1n) is 6.43. The molecule has 2 nitrogen and oxygen atoms in total. The number of rotatable bonds is 4. The van der Waals surface area contributed by atoms with Crippen LogP contribution in [0.25, 0.3) is 10.9 Å². The molecule has 0 bridgehead atoms. The Morgan fingerprint density at radius 3 is 2.90 bits per heavy atom. The van der Waals surface area contributed by atoms with Gasteiger partial charge in [0.05, 0.1) is 23.2 Å². The molecule has 20 heavy (non-hydrogen) atoms. The van der Waals surface area contributed by atoms with Crippen LogP contribution in [0, 0.1) is 11.8 Å². The number of hydrogen-bond acceptors (Lipinski definition) is 2. The zero-order valence-electron chi connectivity index (χ0n) is 11.2. The normalized spacial score (nSPS) is 10.2. The van der Waals surface area contributed by atoms with Gasteiger partial charge in [-0.1, -0.05) is 23.4 Å². The van der Waals surface area contributed by atoms with Crippen molar-refractivity contribution >= 4 is 34.1 Å².